The molecule has 0 saturated carbocycles. The van der Waals surface area contributed by atoms with E-state index >= 15 is 0 Å². The molecule has 2 heterocycles. The molecule has 4 rings (SSSR count). The Morgan fingerprint density at radius 3 is 2.66 bits per heavy atom. The number of esters is 1. The second kappa shape index (κ2) is 7.78. The zero-order valence-electron chi connectivity index (χ0n) is 15.5. The quantitative estimate of drug-likeness (QED) is 0.372. The highest BCUT2D eigenvalue weighted by atomic mass is 32.2. The predicted molar refractivity (Wildman–Crippen MR) is 110 cm³/mol. The van der Waals surface area contributed by atoms with Gasteiger partial charge in [0.25, 0.3) is 0 Å². The molecule has 1 aromatic heterocycles. The standard InChI is InChI=1S/C22H15N3O3S/c1-25-18-8-4-5-9-20(18)29-21(25)15(12-23)19(26)13-28-22(27)17-11-10-14-6-2-3-7-16(14)24-17/h2-11H,13H2,1H3. The van der Waals surface area contributed by atoms with Crippen LogP contribution in [0.2, 0.25) is 0 Å². The molecule has 1 aliphatic rings. The number of nitriles is 1. The SMILES string of the molecule is CN1C(=C(C#N)C(=O)COC(=O)c2ccc3ccccc3n2)Sc2ccccc21. The Morgan fingerprint density at radius 1 is 1.10 bits per heavy atom. The lowest BCUT2D eigenvalue weighted by Crippen LogP contribution is -2.20. The minimum absolute atomic E-state index is 0.0343. The van der Waals surface area contributed by atoms with E-state index in [1.54, 1.807) is 30.1 Å². The van der Waals surface area contributed by atoms with Crippen LogP contribution in [0.5, 0.6) is 0 Å². The number of benzene rings is 2. The van der Waals surface area contributed by atoms with Crippen LogP contribution in [0.15, 0.2) is 76.2 Å². The maximum atomic E-state index is 12.6. The number of carbonyl (C=O) groups is 2. The number of hydrogen-bond acceptors (Lipinski definition) is 7. The molecular formula is C22H15N3O3S. The summed E-state index contributed by atoms with van der Waals surface area (Å²) in [7, 11) is 1.80. The van der Waals surface area contributed by atoms with E-state index in [-0.39, 0.29) is 11.3 Å². The van der Waals surface area contributed by atoms with Crippen molar-refractivity contribution >= 4 is 40.1 Å². The second-order valence-electron chi connectivity index (χ2n) is 6.31. The highest BCUT2D eigenvalue weighted by Crippen LogP contribution is 2.46. The number of thioether (sulfide) groups is 1. The van der Waals surface area contributed by atoms with E-state index in [4.69, 9.17) is 4.74 Å². The third-order valence-corrected chi connectivity index (χ3v) is 5.72. The number of ketones is 1. The number of hydrogen-bond donors (Lipinski definition) is 0. The van der Waals surface area contributed by atoms with Crippen molar-refractivity contribution < 1.29 is 14.3 Å². The lowest BCUT2D eigenvalue weighted by atomic mass is 10.2. The van der Waals surface area contributed by atoms with Crippen LogP contribution in [-0.4, -0.2) is 30.4 Å². The van der Waals surface area contributed by atoms with Crippen molar-refractivity contribution in [1.82, 2.24) is 4.98 Å². The number of pyridine rings is 1. The molecule has 0 fully saturated rings. The van der Waals surface area contributed by atoms with Gasteiger partial charge in [0, 0.05) is 17.3 Å². The summed E-state index contributed by atoms with van der Waals surface area (Å²) < 4.78 is 5.13. The summed E-state index contributed by atoms with van der Waals surface area (Å²) in [5.74, 6) is -1.26. The third-order valence-electron chi connectivity index (χ3n) is 4.48. The molecule has 29 heavy (non-hydrogen) atoms. The molecule has 1 aliphatic heterocycles. The van der Waals surface area contributed by atoms with Gasteiger partial charge < -0.3 is 9.64 Å². The average molecular weight is 401 g/mol. The molecule has 0 spiro atoms. The Hall–Kier alpha value is -3.63. The van der Waals surface area contributed by atoms with Crippen LogP contribution in [0.25, 0.3) is 10.9 Å². The van der Waals surface area contributed by atoms with Gasteiger partial charge in [-0.1, -0.05) is 48.2 Å². The second-order valence-corrected chi connectivity index (χ2v) is 7.34. The molecule has 2 aromatic carbocycles. The van der Waals surface area contributed by atoms with E-state index in [1.165, 1.54) is 11.8 Å². The number of Topliss-reactive ketones (excluding diaryl/α,β-unsaturated/α-hetero) is 1. The maximum Gasteiger partial charge on any atom is 0.357 e. The lowest BCUT2D eigenvalue weighted by Gasteiger charge is -2.14. The Labute approximate surface area is 171 Å². The fourth-order valence-corrected chi connectivity index (χ4v) is 4.17. The van der Waals surface area contributed by atoms with Crippen molar-refractivity contribution in [2.75, 3.05) is 18.6 Å². The molecule has 0 radical (unpaired) electrons. The van der Waals surface area contributed by atoms with E-state index in [0.717, 1.165) is 16.0 Å². The van der Waals surface area contributed by atoms with Gasteiger partial charge in [-0.3, -0.25) is 4.79 Å². The molecule has 0 bridgehead atoms. The van der Waals surface area contributed by atoms with E-state index in [2.05, 4.69) is 4.98 Å². The number of ether oxygens (including phenoxy) is 1. The summed E-state index contributed by atoms with van der Waals surface area (Å²) in [4.78, 5) is 31.9. The highest BCUT2D eigenvalue weighted by Gasteiger charge is 2.28. The molecule has 0 saturated heterocycles. The average Bonchev–Trinajstić information content (AvgIpc) is 3.08. The first-order valence-electron chi connectivity index (χ1n) is 8.79. The van der Waals surface area contributed by atoms with Crippen LogP contribution >= 0.6 is 11.8 Å². The van der Waals surface area contributed by atoms with Crippen molar-refractivity contribution in [2.24, 2.45) is 0 Å². The van der Waals surface area contributed by atoms with Gasteiger partial charge in [-0.25, -0.2) is 9.78 Å². The fourth-order valence-electron chi connectivity index (χ4n) is 3.01. The molecule has 0 N–H and O–H groups in total. The zero-order valence-corrected chi connectivity index (χ0v) is 16.3. The lowest BCUT2D eigenvalue weighted by molar-refractivity contribution is -0.118. The van der Waals surface area contributed by atoms with Gasteiger partial charge in [-0.2, -0.15) is 5.26 Å². The summed E-state index contributed by atoms with van der Waals surface area (Å²) in [6.07, 6.45) is 0. The minimum Gasteiger partial charge on any atom is -0.453 e. The minimum atomic E-state index is -0.706. The molecule has 0 aliphatic carbocycles. The maximum absolute atomic E-state index is 12.6. The van der Waals surface area contributed by atoms with Crippen molar-refractivity contribution in [3.8, 4) is 6.07 Å². The number of nitrogens with zero attached hydrogens (tertiary/aromatic N) is 3. The molecule has 142 valence electrons. The molecule has 7 heteroatoms. The summed E-state index contributed by atoms with van der Waals surface area (Å²) in [6.45, 7) is -0.523. The number of fused-ring (bicyclic) bond motifs is 2. The normalized spacial score (nSPS) is 14.3. The first-order valence-corrected chi connectivity index (χ1v) is 9.61. The number of rotatable bonds is 4. The summed E-state index contributed by atoms with van der Waals surface area (Å²) >= 11 is 1.35. The third kappa shape index (κ3) is 3.58. The van der Waals surface area contributed by atoms with Crippen molar-refractivity contribution in [1.29, 1.82) is 5.26 Å². The van der Waals surface area contributed by atoms with Crippen LogP contribution in [0.3, 0.4) is 0 Å². The van der Waals surface area contributed by atoms with E-state index in [9.17, 15) is 14.9 Å². The van der Waals surface area contributed by atoms with Crippen LogP contribution in [0, 0.1) is 11.3 Å². The predicted octanol–water partition coefficient (Wildman–Crippen LogP) is 3.94. The van der Waals surface area contributed by atoms with Crippen molar-refractivity contribution in [3.05, 3.63) is 77.0 Å². The van der Waals surface area contributed by atoms with Gasteiger partial charge in [-0.05, 0) is 24.3 Å². The van der Waals surface area contributed by atoms with Crippen LogP contribution in [-0.2, 0) is 9.53 Å². The van der Waals surface area contributed by atoms with Crippen LogP contribution in [0.4, 0.5) is 5.69 Å². The molecule has 0 amide bonds. The monoisotopic (exact) mass is 401 g/mol. The summed E-state index contributed by atoms with van der Waals surface area (Å²) in [5.41, 5.74) is 1.66. The van der Waals surface area contributed by atoms with E-state index < -0.39 is 18.4 Å². The largest absolute Gasteiger partial charge is 0.453 e. The molecule has 3 aromatic rings. The molecule has 6 nitrogen and oxygen atoms in total. The topological polar surface area (TPSA) is 83.3 Å². The number of para-hydroxylation sites is 2. The molecule has 0 atom stereocenters. The van der Waals surface area contributed by atoms with Crippen molar-refractivity contribution in [2.45, 2.75) is 4.90 Å². The first kappa shape index (κ1) is 18.7. The van der Waals surface area contributed by atoms with Crippen LogP contribution in [0.1, 0.15) is 10.5 Å². The smallest absolute Gasteiger partial charge is 0.357 e. The van der Waals surface area contributed by atoms with Gasteiger partial charge in [-0.15, -0.1) is 0 Å². The van der Waals surface area contributed by atoms with Gasteiger partial charge in [0.15, 0.2) is 6.61 Å². The van der Waals surface area contributed by atoms with Crippen molar-refractivity contribution in [3.63, 3.8) is 0 Å². The number of aromatic nitrogens is 1. The Balaban J connectivity index is 1.50. The Morgan fingerprint density at radius 2 is 1.86 bits per heavy atom. The van der Waals surface area contributed by atoms with E-state index in [0.29, 0.717) is 10.5 Å². The zero-order chi connectivity index (χ0) is 20.4. The summed E-state index contributed by atoms with van der Waals surface area (Å²) in [6, 6.07) is 20.3. The molecule has 0 unspecified atom stereocenters. The molecular weight excluding hydrogens is 386 g/mol. The summed E-state index contributed by atoms with van der Waals surface area (Å²) in [5, 5.41) is 11.0. The highest BCUT2D eigenvalue weighted by molar-refractivity contribution is 8.03. The van der Waals surface area contributed by atoms with Gasteiger partial charge in [0.1, 0.15) is 22.4 Å². The Bertz CT molecular complexity index is 1210. The van der Waals surface area contributed by atoms with E-state index in [1.807, 2.05) is 48.5 Å². The Kier molecular flexibility index (Phi) is 5.02. The van der Waals surface area contributed by atoms with Gasteiger partial charge in [0.05, 0.1) is 11.2 Å². The van der Waals surface area contributed by atoms with Crippen LogP contribution < -0.4 is 4.90 Å². The number of anilines is 1. The fraction of sp³-hybridized carbons (Fsp3) is 0.0909. The van der Waals surface area contributed by atoms with Gasteiger partial charge in [0.2, 0.25) is 5.78 Å². The van der Waals surface area contributed by atoms with Gasteiger partial charge >= 0.3 is 5.97 Å². The first-order chi connectivity index (χ1) is 14.1. The number of carbonyl (C=O) groups excluding carboxylic acids is 2.